The average molecular weight is 364 g/mol. The Bertz CT molecular complexity index is 599. The second-order valence-electron chi connectivity index (χ2n) is 9.10. The van der Waals surface area contributed by atoms with E-state index in [-0.39, 0.29) is 35.6 Å². The lowest BCUT2D eigenvalue weighted by Crippen LogP contribution is -2.53. The average Bonchev–Trinajstić information content (AvgIpc) is 2.93. The van der Waals surface area contributed by atoms with E-state index in [0.717, 1.165) is 32.1 Å². The summed E-state index contributed by atoms with van der Waals surface area (Å²) in [7, 11) is 0. The fourth-order valence-electron chi connectivity index (χ4n) is 6.35. The van der Waals surface area contributed by atoms with E-state index in [0.29, 0.717) is 31.1 Å². The highest BCUT2D eigenvalue weighted by Gasteiger charge is 2.60. The van der Waals surface area contributed by atoms with E-state index in [1.807, 2.05) is 13.8 Å². The lowest BCUT2D eigenvalue weighted by molar-refractivity contribution is -0.162. The second kappa shape index (κ2) is 6.97. The van der Waals surface area contributed by atoms with Crippen LogP contribution in [-0.4, -0.2) is 28.9 Å². The van der Waals surface area contributed by atoms with Gasteiger partial charge in [-0.3, -0.25) is 14.4 Å². The molecule has 146 valence electrons. The molecule has 0 unspecified atom stereocenters. The van der Waals surface area contributed by atoms with Gasteiger partial charge in [-0.15, -0.1) is 0 Å². The second-order valence-corrected chi connectivity index (χ2v) is 9.10. The van der Waals surface area contributed by atoms with Gasteiger partial charge in [-0.2, -0.15) is 0 Å². The summed E-state index contributed by atoms with van der Waals surface area (Å²) >= 11 is 0. The minimum atomic E-state index is -0.825. The number of hydrogen-bond acceptors (Lipinski definition) is 4. The fraction of sp³-hybridized carbons (Fsp3) is 0.857. The van der Waals surface area contributed by atoms with Gasteiger partial charge >= 0.3 is 11.9 Å². The fourth-order valence-corrected chi connectivity index (χ4v) is 6.35. The van der Waals surface area contributed by atoms with E-state index in [1.54, 1.807) is 0 Å². The Kier molecular flexibility index (Phi) is 5.19. The zero-order chi connectivity index (χ0) is 19.1. The Labute approximate surface area is 155 Å². The van der Waals surface area contributed by atoms with Gasteiger partial charge in [-0.05, 0) is 56.3 Å². The summed E-state index contributed by atoms with van der Waals surface area (Å²) in [6.07, 6.45) is 6.21. The van der Waals surface area contributed by atoms with Crippen molar-refractivity contribution in [3.8, 4) is 0 Å². The molecule has 1 N–H and O–H groups in total. The molecule has 0 spiro atoms. The number of carboxylic acid groups (broad SMARTS) is 1. The Balaban J connectivity index is 1.81. The number of ketones is 1. The summed E-state index contributed by atoms with van der Waals surface area (Å²) in [5.74, 6) is 0.472. The predicted molar refractivity (Wildman–Crippen MR) is 96.4 cm³/mol. The number of aliphatic carboxylic acids is 1. The van der Waals surface area contributed by atoms with Crippen molar-refractivity contribution >= 4 is 17.7 Å². The topological polar surface area (TPSA) is 80.7 Å². The molecule has 5 nitrogen and oxygen atoms in total. The van der Waals surface area contributed by atoms with E-state index in [9.17, 15) is 14.4 Å². The molecule has 0 aromatic carbocycles. The van der Waals surface area contributed by atoms with Crippen LogP contribution in [0.3, 0.4) is 0 Å². The van der Waals surface area contributed by atoms with Crippen molar-refractivity contribution in [2.24, 2.45) is 28.6 Å². The molecule has 3 aliphatic carbocycles. The number of rotatable bonds is 5. The molecule has 0 aliphatic heterocycles. The summed E-state index contributed by atoms with van der Waals surface area (Å²) in [5.41, 5.74) is -0.513. The van der Waals surface area contributed by atoms with Crippen LogP contribution in [-0.2, 0) is 19.1 Å². The minimum absolute atomic E-state index is 0.0000915. The molecule has 6 atom stereocenters. The molecule has 0 amide bonds. The van der Waals surface area contributed by atoms with E-state index >= 15 is 0 Å². The van der Waals surface area contributed by atoms with Gasteiger partial charge in [0.05, 0.1) is 0 Å². The van der Waals surface area contributed by atoms with Crippen LogP contribution in [0.15, 0.2) is 0 Å². The van der Waals surface area contributed by atoms with Crippen molar-refractivity contribution in [2.75, 3.05) is 0 Å². The molecule has 3 aliphatic rings. The van der Waals surface area contributed by atoms with Crippen LogP contribution >= 0.6 is 0 Å². The van der Waals surface area contributed by atoms with E-state index in [4.69, 9.17) is 9.84 Å². The number of esters is 1. The van der Waals surface area contributed by atoms with Crippen LogP contribution in [0.25, 0.3) is 0 Å². The number of carboxylic acids is 1. The first-order valence-electron chi connectivity index (χ1n) is 10.2. The monoisotopic (exact) mass is 364 g/mol. The minimum Gasteiger partial charge on any atom is -0.481 e. The third kappa shape index (κ3) is 3.07. The van der Waals surface area contributed by atoms with Crippen LogP contribution in [0, 0.1) is 28.6 Å². The molecule has 0 bridgehead atoms. The van der Waals surface area contributed by atoms with Crippen LogP contribution in [0.4, 0.5) is 0 Å². The first-order chi connectivity index (χ1) is 12.2. The van der Waals surface area contributed by atoms with Crippen molar-refractivity contribution < 1.29 is 24.2 Å². The highest BCUT2D eigenvalue weighted by atomic mass is 16.5. The van der Waals surface area contributed by atoms with Crippen molar-refractivity contribution in [3.05, 3.63) is 0 Å². The molecular weight excluding hydrogens is 332 g/mol. The van der Waals surface area contributed by atoms with Crippen molar-refractivity contribution in [3.63, 3.8) is 0 Å². The quantitative estimate of drug-likeness (QED) is 0.746. The van der Waals surface area contributed by atoms with E-state index in [2.05, 4.69) is 6.92 Å². The summed E-state index contributed by atoms with van der Waals surface area (Å²) in [6.45, 7) is 6.09. The molecule has 0 aromatic rings. The first-order valence-corrected chi connectivity index (χ1v) is 10.2. The van der Waals surface area contributed by atoms with Gasteiger partial charge in [0, 0.05) is 30.1 Å². The molecule has 0 heterocycles. The molecular formula is C21H32O5. The lowest BCUT2D eigenvalue weighted by atomic mass is 9.49. The number of fused-ring (bicyclic) bond motifs is 3. The predicted octanol–water partition coefficient (Wildman–Crippen LogP) is 3.98. The summed E-state index contributed by atoms with van der Waals surface area (Å²) in [6, 6.07) is 0. The lowest BCUT2D eigenvalue weighted by Gasteiger charge is -2.55. The summed E-state index contributed by atoms with van der Waals surface area (Å²) in [5, 5.41) is 9.11. The van der Waals surface area contributed by atoms with Crippen LogP contribution < -0.4 is 0 Å². The molecule has 26 heavy (non-hydrogen) atoms. The largest absolute Gasteiger partial charge is 0.481 e. The van der Waals surface area contributed by atoms with Crippen molar-refractivity contribution in [1.29, 1.82) is 0 Å². The van der Waals surface area contributed by atoms with E-state index < -0.39 is 11.4 Å². The number of Topliss-reactive ketones (excluding diaryl/α,β-unsaturated/α-hetero) is 1. The molecule has 3 fully saturated rings. The SMILES string of the molecule is CCC(=O)O[C@H]1CC[C@H]2[C@@H]3CCC(=O)[C@](C)(CCC(=O)O)[C@H]3CC[C@]12C. The van der Waals surface area contributed by atoms with Gasteiger partial charge in [0.25, 0.3) is 0 Å². The van der Waals surface area contributed by atoms with Crippen molar-refractivity contribution in [2.45, 2.75) is 84.7 Å². The van der Waals surface area contributed by atoms with Crippen molar-refractivity contribution in [1.82, 2.24) is 0 Å². The third-order valence-electron chi connectivity index (χ3n) is 7.93. The highest BCUT2D eigenvalue weighted by Crippen LogP contribution is 2.63. The summed E-state index contributed by atoms with van der Waals surface area (Å²) < 4.78 is 5.78. The highest BCUT2D eigenvalue weighted by molar-refractivity contribution is 5.86. The number of ether oxygens (including phenoxy) is 1. The number of carbonyl (C=O) groups is 3. The Morgan fingerprint density at radius 1 is 1.15 bits per heavy atom. The normalized spacial score (nSPS) is 42.0. The zero-order valence-electron chi connectivity index (χ0n) is 16.3. The number of hydrogen-bond donors (Lipinski definition) is 1. The number of carbonyl (C=O) groups excluding carboxylic acids is 2. The zero-order valence-corrected chi connectivity index (χ0v) is 16.3. The standard InChI is InChI=1S/C21H32O5/c1-4-19(25)26-17-8-6-14-13-5-7-16(22)20(2,12-10-18(23)24)15(13)9-11-21(14,17)3/h13-15,17H,4-12H2,1-3H3,(H,23,24)/t13-,14-,15-,17-,20+,21-/m0/s1. The maximum Gasteiger partial charge on any atom is 0.305 e. The molecule has 0 aromatic heterocycles. The van der Waals surface area contributed by atoms with Gasteiger partial charge in [0.1, 0.15) is 11.9 Å². The Hall–Kier alpha value is -1.39. The maximum atomic E-state index is 12.7. The Morgan fingerprint density at radius 3 is 2.54 bits per heavy atom. The Morgan fingerprint density at radius 2 is 1.88 bits per heavy atom. The molecule has 0 radical (unpaired) electrons. The van der Waals surface area contributed by atoms with Gasteiger partial charge in [0.15, 0.2) is 0 Å². The van der Waals surface area contributed by atoms with E-state index in [1.165, 1.54) is 0 Å². The molecule has 0 saturated heterocycles. The molecule has 5 heteroatoms. The van der Waals surface area contributed by atoms with Crippen LogP contribution in [0.5, 0.6) is 0 Å². The van der Waals surface area contributed by atoms with Gasteiger partial charge < -0.3 is 9.84 Å². The van der Waals surface area contributed by atoms with Gasteiger partial charge in [0.2, 0.25) is 0 Å². The maximum absolute atomic E-state index is 12.7. The van der Waals surface area contributed by atoms with Crippen LogP contribution in [0.2, 0.25) is 0 Å². The molecule has 3 saturated carbocycles. The molecule has 3 rings (SSSR count). The first kappa shape index (κ1) is 19.4. The van der Waals surface area contributed by atoms with Gasteiger partial charge in [-0.1, -0.05) is 20.8 Å². The van der Waals surface area contributed by atoms with Gasteiger partial charge in [-0.25, -0.2) is 0 Å². The smallest absolute Gasteiger partial charge is 0.305 e. The third-order valence-corrected chi connectivity index (χ3v) is 7.93. The summed E-state index contributed by atoms with van der Waals surface area (Å²) in [4.78, 5) is 35.7. The van der Waals surface area contributed by atoms with Crippen LogP contribution in [0.1, 0.15) is 78.6 Å².